The van der Waals surface area contributed by atoms with Crippen molar-refractivity contribution in [3.05, 3.63) is 31.5 Å². The molecule has 0 bridgehead atoms. The summed E-state index contributed by atoms with van der Waals surface area (Å²) in [6.45, 7) is 10.7. The largest absolute Gasteiger partial charge is 0.465 e. The van der Waals surface area contributed by atoms with Crippen LogP contribution in [0.2, 0.25) is 0 Å². The Morgan fingerprint density at radius 3 is 1.46 bits per heavy atom. The monoisotopic (exact) mass is 752 g/mol. The molecule has 1 heterocycles. The highest BCUT2D eigenvalue weighted by Crippen LogP contribution is 2.14. The number of unbranched alkanes of at least 4 members (excludes halogenated alkanes) is 1. The smallest absolute Gasteiger partial charge is 0.336 e. The van der Waals surface area contributed by atoms with Gasteiger partial charge in [0.05, 0.1) is 51.9 Å². The highest BCUT2D eigenvalue weighted by molar-refractivity contribution is 7.99. The van der Waals surface area contributed by atoms with Gasteiger partial charge in [0.1, 0.15) is 19.8 Å². The van der Waals surface area contributed by atoms with Crippen molar-refractivity contribution in [2.24, 2.45) is 11.7 Å². The lowest BCUT2D eigenvalue weighted by atomic mass is 10.0. The molecule has 0 fully saturated rings. The fourth-order valence-electron chi connectivity index (χ4n) is 4.03. The maximum absolute atomic E-state index is 13.0. The highest BCUT2D eigenvalue weighted by atomic mass is 32.2. The summed E-state index contributed by atoms with van der Waals surface area (Å²) in [6.07, 6.45) is 4.45. The number of ether oxygens (including phenoxy) is 4. The van der Waals surface area contributed by atoms with Gasteiger partial charge in [-0.15, -0.1) is 0 Å². The van der Waals surface area contributed by atoms with Crippen LogP contribution < -0.4 is 22.8 Å². The third-order valence-corrected chi connectivity index (χ3v) is 7.92. The number of rotatable bonds is 25. The summed E-state index contributed by atoms with van der Waals surface area (Å²) in [7, 11) is 0. The second-order valence-corrected chi connectivity index (χ2v) is 11.9. The molecular weight excluding hydrogens is 693 g/mol. The third kappa shape index (κ3) is 21.2. The Morgan fingerprint density at radius 2 is 1.08 bits per heavy atom. The number of thioether (sulfide) groups is 1. The van der Waals surface area contributed by atoms with E-state index < -0.39 is 35.0 Å². The maximum Gasteiger partial charge on any atom is 0.336 e. The lowest BCUT2D eigenvalue weighted by Crippen LogP contribution is -2.55. The highest BCUT2D eigenvalue weighted by Gasteiger charge is 2.17. The summed E-state index contributed by atoms with van der Waals surface area (Å²) in [5.41, 5.74) is 2.37. The summed E-state index contributed by atoms with van der Waals surface area (Å²) in [5.74, 6) is -0.526. The SMILES string of the molecule is CC.CC.CCCCC(CC)COC(=O)CCSCCC(=O)OCCn1c(=O)n(CCOC(=O)CCN)c(=O)n(CCOC(=O)CCS)c1=O. The van der Waals surface area contributed by atoms with E-state index in [2.05, 4.69) is 26.5 Å². The Morgan fingerprint density at radius 1 is 0.680 bits per heavy atom. The predicted molar refractivity (Wildman–Crippen MR) is 198 cm³/mol. The molecule has 0 spiro atoms. The van der Waals surface area contributed by atoms with Crippen molar-refractivity contribution in [2.75, 3.05) is 50.2 Å². The molecule has 15 nitrogen and oxygen atoms in total. The van der Waals surface area contributed by atoms with Crippen LogP contribution in [0.5, 0.6) is 0 Å². The molecule has 0 aliphatic heterocycles. The van der Waals surface area contributed by atoms with Crippen molar-refractivity contribution in [2.45, 2.75) is 113 Å². The standard InChI is InChI=1S/C29H48N4O11S2.2C2H6/c1-3-5-6-22(4-2)21-44-26(37)10-20-46-19-9-25(36)43-17-14-33-28(39)31(12-15-41-23(34)7-11-30)27(38)32(29(33)40)13-16-42-24(35)8-18-45;2*1-2/h22,45H,3-21,30H2,1-2H3;2*1-2H3. The molecule has 1 unspecified atom stereocenters. The molecule has 1 aromatic heterocycles. The van der Waals surface area contributed by atoms with Crippen LogP contribution in [0.1, 0.15) is 92.9 Å². The molecule has 50 heavy (non-hydrogen) atoms. The molecule has 0 saturated heterocycles. The number of thiol groups is 1. The first-order valence-corrected chi connectivity index (χ1v) is 19.3. The number of carbonyl (C=O) groups excluding carboxylic acids is 4. The lowest BCUT2D eigenvalue weighted by Gasteiger charge is -2.14. The van der Waals surface area contributed by atoms with E-state index in [0.717, 1.165) is 30.3 Å². The van der Waals surface area contributed by atoms with Crippen molar-refractivity contribution in [1.82, 2.24) is 13.7 Å². The molecule has 0 aromatic carbocycles. The average molecular weight is 753 g/mol. The second kappa shape index (κ2) is 31.9. The van der Waals surface area contributed by atoms with Crippen LogP contribution in [0.15, 0.2) is 14.4 Å². The van der Waals surface area contributed by atoms with Crippen molar-refractivity contribution in [1.29, 1.82) is 0 Å². The van der Waals surface area contributed by atoms with Crippen LogP contribution >= 0.6 is 24.4 Å². The van der Waals surface area contributed by atoms with Gasteiger partial charge in [-0.05, 0) is 12.3 Å². The Balaban J connectivity index is 0. The van der Waals surface area contributed by atoms with E-state index in [1.807, 2.05) is 27.7 Å². The molecule has 0 aliphatic rings. The lowest BCUT2D eigenvalue weighted by molar-refractivity contribution is -0.145. The first-order chi connectivity index (χ1) is 24.1. The van der Waals surface area contributed by atoms with Crippen LogP contribution in [0, 0.1) is 5.92 Å². The maximum atomic E-state index is 13.0. The molecule has 1 atom stereocenters. The van der Waals surface area contributed by atoms with E-state index >= 15 is 0 Å². The van der Waals surface area contributed by atoms with Gasteiger partial charge in [0.25, 0.3) is 0 Å². The van der Waals surface area contributed by atoms with E-state index in [-0.39, 0.29) is 83.4 Å². The number of nitrogens with two attached hydrogens (primary N) is 1. The fraction of sp³-hybridized carbons (Fsp3) is 0.788. The van der Waals surface area contributed by atoms with Gasteiger partial charge in [-0.25, -0.2) is 28.1 Å². The van der Waals surface area contributed by atoms with Crippen molar-refractivity contribution in [3.63, 3.8) is 0 Å². The molecular formula is C33H60N4O11S2. The summed E-state index contributed by atoms with van der Waals surface area (Å²) >= 11 is 5.34. The molecule has 0 radical (unpaired) electrons. The van der Waals surface area contributed by atoms with Gasteiger partial charge in [-0.2, -0.15) is 24.4 Å². The van der Waals surface area contributed by atoms with Gasteiger partial charge in [0, 0.05) is 23.8 Å². The Hall–Kier alpha value is -3.05. The average Bonchev–Trinajstić information content (AvgIpc) is 3.11. The summed E-state index contributed by atoms with van der Waals surface area (Å²) < 4.78 is 22.7. The molecule has 290 valence electrons. The van der Waals surface area contributed by atoms with Gasteiger partial charge >= 0.3 is 40.9 Å². The van der Waals surface area contributed by atoms with Crippen LogP contribution in [0.3, 0.4) is 0 Å². The zero-order valence-corrected chi connectivity index (χ0v) is 32.5. The van der Waals surface area contributed by atoms with Gasteiger partial charge in [0.2, 0.25) is 0 Å². The topological polar surface area (TPSA) is 197 Å². The molecule has 17 heteroatoms. The van der Waals surface area contributed by atoms with Crippen molar-refractivity contribution >= 4 is 48.3 Å². The first-order valence-electron chi connectivity index (χ1n) is 17.5. The number of aromatic nitrogens is 3. The minimum atomic E-state index is -0.984. The van der Waals surface area contributed by atoms with Crippen molar-refractivity contribution < 1.29 is 38.1 Å². The fourth-order valence-corrected chi connectivity index (χ4v) is 5.04. The zero-order valence-electron chi connectivity index (χ0n) is 30.8. The van der Waals surface area contributed by atoms with E-state index in [1.165, 1.54) is 11.8 Å². The number of hydrogen-bond acceptors (Lipinski definition) is 14. The van der Waals surface area contributed by atoms with Gasteiger partial charge in [-0.1, -0.05) is 60.8 Å². The van der Waals surface area contributed by atoms with Gasteiger partial charge in [-0.3, -0.25) is 19.2 Å². The molecule has 0 amide bonds. The number of hydrogen-bond donors (Lipinski definition) is 2. The summed E-state index contributed by atoms with van der Waals surface area (Å²) in [6, 6.07) is 0. The Kier molecular flexibility index (Phi) is 31.3. The van der Waals surface area contributed by atoms with E-state index in [1.54, 1.807) is 0 Å². The van der Waals surface area contributed by atoms with E-state index in [4.69, 9.17) is 24.7 Å². The number of carbonyl (C=O) groups is 4. The second-order valence-electron chi connectivity index (χ2n) is 10.2. The van der Waals surface area contributed by atoms with E-state index in [9.17, 15) is 33.6 Å². The minimum absolute atomic E-state index is 0.0327. The normalized spacial score (nSPS) is 10.9. The molecule has 1 aromatic rings. The van der Waals surface area contributed by atoms with Crippen LogP contribution in [-0.4, -0.2) is 87.8 Å². The molecule has 1 rings (SSSR count). The number of nitrogens with zero attached hydrogens (tertiary/aromatic N) is 3. The van der Waals surface area contributed by atoms with Crippen LogP contribution in [-0.2, 0) is 57.8 Å². The van der Waals surface area contributed by atoms with E-state index in [0.29, 0.717) is 33.2 Å². The molecule has 0 aliphatic carbocycles. The number of esters is 4. The first kappa shape index (κ1) is 49.1. The molecule has 2 N–H and O–H groups in total. The van der Waals surface area contributed by atoms with Gasteiger partial charge in [0.15, 0.2) is 0 Å². The van der Waals surface area contributed by atoms with Crippen molar-refractivity contribution in [3.8, 4) is 0 Å². The summed E-state index contributed by atoms with van der Waals surface area (Å²) in [5, 5.41) is 0. The molecule has 0 saturated carbocycles. The van der Waals surface area contributed by atoms with Gasteiger partial charge < -0.3 is 24.7 Å². The summed E-state index contributed by atoms with van der Waals surface area (Å²) in [4.78, 5) is 86.6. The minimum Gasteiger partial charge on any atom is -0.465 e. The third-order valence-electron chi connectivity index (χ3n) is 6.71. The van der Waals surface area contributed by atoms with Crippen LogP contribution in [0.25, 0.3) is 0 Å². The zero-order chi connectivity index (χ0) is 38.3. The Bertz CT molecular complexity index is 1220. The predicted octanol–water partition coefficient (Wildman–Crippen LogP) is 2.80. The Labute approximate surface area is 305 Å². The quantitative estimate of drug-likeness (QED) is 0.0641. The van der Waals surface area contributed by atoms with Crippen LogP contribution in [0.4, 0.5) is 0 Å².